The third-order valence-electron chi connectivity index (χ3n) is 5.47. The van der Waals surface area contributed by atoms with Crippen LogP contribution in [0.15, 0.2) is 12.1 Å². The maximum absolute atomic E-state index is 12.4. The van der Waals surface area contributed by atoms with Crippen molar-refractivity contribution in [2.24, 2.45) is 5.92 Å². The molecule has 26 heavy (non-hydrogen) atoms. The summed E-state index contributed by atoms with van der Waals surface area (Å²) in [7, 11) is 5.05. The van der Waals surface area contributed by atoms with E-state index in [-0.39, 0.29) is 17.9 Å². The number of nitrogens with two attached hydrogens (primary N) is 1. The molecule has 8 nitrogen and oxygen atoms in total. The molecular formula is C18H23N5O3. The molecule has 0 aliphatic carbocycles. The van der Waals surface area contributed by atoms with Crippen LogP contribution in [-0.2, 0) is 4.79 Å². The fraction of sp³-hybridized carbons (Fsp3) is 0.500. The maximum Gasteiger partial charge on any atom is 0.227 e. The van der Waals surface area contributed by atoms with Crippen molar-refractivity contribution >= 4 is 28.6 Å². The van der Waals surface area contributed by atoms with Gasteiger partial charge in [-0.3, -0.25) is 4.79 Å². The molecule has 2 aromatic rings. The highest BCUT2D eigenvalue weighted by molar-refractivity contribution is 5.92. The number of hydrogen-bond donors (Lipinski definition) is 1. The van der Waals surface area contributed by atoms with E-state index in [1.165, 1.54) is 0 Å². The minimum absolute atomic E-state index is 0.00956. The monoisotopic (exact) mass is 357 g/mol. The molecule has 1 aromatic carbocycles. The summed E-state index contributed by atoms with van der Waals surface area (Å²) in [5.41, 5.74) is 6.90. The zero-order chi connectivity index (χ0) is 18.4. The molecule has 138 valence electrons. The number of fused-ring (bicyclic) bond motifs is 5. The van der Waals surface area contributed by atoms with E-state index in [2.05, 4.69) is 9.88 Å². The summed E-state index contributed by atoms with van der Waals surface area (Å²) < 4.78 is 10.7. The van der Waals surface area contributed by atoms with Crippen molar-refractivity contribution in [3.8, 4) is 11.5 Å². The number of ether oxygens (including phenoxy) is 2. The van der Waals surface area contributed by atoms with Crippen LogP contribution in [0.5, 0.6) is 11.5 Å². The summed E-state index contributed by atoms with van der Waals surface area (Å²) in [6.45, 7) is 1.34. The van der Waals surface area contributed by atoms with Crippen LogP contribution in [0.3, 0.4) is 0 Å². The zero-order valence-electron chi connectivity index (χ0n) is 15.2. The highest BCUT2D eigenvalue weighted by Gasteiger charge is 2.39. The van der Waals surface area contributed by atoms with E-state index in [4.69, 9.17) is 20.2 Å². The molecule has 3 saturated heterocycles. The minimum atomic E-state index is -0.00956. The number of likely N-dealkylation sites (N-methyl/N-ethyl adjacent to an activating group) is 1. The number of benzene rings is 1. The third-order valence-corrected chi connectivity index (χ3v) is 5.47. The highest BCUT2D eigenvalue weighted by atomic mass is 16.5. The number of carbonyl (C=O) groups is 1. The van der Waals surface area contributed by atoms with Crippen LogP contribution < -0.4 is 20.1 Å². The zero-order valence-corrected chi connectivity index (χ0v) is 15.2. The van der Waals surface area contributed by atoms with E-state index >= 15 is 0 Å². The van der Waals surface area contributed by atoms with Crippen molar-refractivity contribution < 1.29 is 14.3 Å². The third kappa shape index (κ3) is 2.56. The summed E-state index contributed by atoms with van der Waals surface area (Å²) in [5, 5.41) is 0.720. The Kier molecular flexibility index (Phi) is 3.97. The van der Waals surface area contributed by atoms with Crippen molar-refractivity contribution in [3.63, 3.8) is 0 Å². The first-order valence-corrected chi connectivity index (χ1v) is 8.72. The molecule has 2 bridgehead atoms. The summed E-state index contributed by atoms with van der Waals surface area (Å²) in [6, 6.07) is 3.78. The van der Waals surface area contributed by atoms with E-state index in [1.807, 2.05) is 11.9 Å². The van der Waals surface area contributed by atoms with E-state index in [9.17, 15) is 4.79 Å². The average molecular weight is 357 g/mol. The summed E-state index contributed by atoms with van der Waals surface area (Å²) in [5.74, 6) is 2.33. The Bertz CT molecular complexity index is 872. The number of aromatic nitrogens is 2. The fourth-order valence-corrected chi connectivity index (χ4v) is 3.93. The molecule has 3 aliphatic rings. The molecule has 3 fully saturated rings. The molecule has 0 spiro atoms. The number of rotatable bonds is 3. The number of carbonyl (C=O) groups excluding carboxylic acids is 1. The first-order chi connectivity index (χ1) is 12.5. The summed E-state index contributed by atoms with van der Waals surface area (Å²) >= 11 is 0. The second kappa shape index (κ2) is 6.19. The Balaban J connectivity index is 1.76. The number of piperidine rings is 1. The van der Waals surface area contributed by atoms with Gasteiger partial charge >= 0.3 is 0 Å². The summed E-state index contributed by atoms with van der Waals surface area (Å²) in [4.78, 5) is 25.6. The van der Waals surface area contributed by atoms with Gasteiger partial charge in [0.05, 0.1) is 25.7 Å². The number of methoxy groups -OCH3 is 2. The minimum Gasteiger partial charge on any atom is -0.493 e. The second-order valence-electron chi connectivity index (χ2n) is 6.92. The van der Waals surface area contributed by atoms with Gasteiger partial charge in [0.25, 0.3) is 0 Å². The van der Waals surface area contributed by atoms with Crippen LogP contribution in [0.25, 0.3) is 10.9 Å². The Labute approximate surface area is 151 Å². The lowest BCUT2D eigenvalue weighted by molar-refractivity contribution is -0.138. The molecule has 4 heterocycles. The smallest absolute Gasteiger partial charge is 0.227 e. The van der Waals surface area contributed by atoms with Gasteiger partial charge in [0.1, 0.15) is 5.82 Å². The lowest BCUT2D eigenvalue weighted by Crippen LogP contribution is -2.45. The molecule has 8 heteroatoms. The number of amides is 1. The standard InChI is InChI=1S/C18H23N5O3/c1-22-11-5-4-10(17(22)24)8-23(9-11)18-20-13-7-15(26-3)14(25-2)6-12(13)16(19)21-18/h6-7,10-11H,4-5,8-9H2,1-3H3,(H2,19,20,21)/t10-,11+/m1/s1. The van der Waals surface area contributed by atoms with Crippen LogP contribution in [0.1, 0.15) is 12.8 Å². The number of anilines is 2. The van der Waals surface area contributed by atoms with Crippen molar-refractivity contribution in [3.05, 3.63) is 12.1 Å². The molecule has 2 N–H and O–H groups in total. The lowest BCUT2D eigenvalue weighted by atomic mass is 9.95. The van der Waals surface area contributed by atoms with Crippen LogP contribution in [-0.4, -0.2) is 61.2 Å². The van der Waals surface area contributed by atoms with Gasteiger partial charge in [-0.15, -0.1) is 0 Å². The van der Waals surface area contributed by atoms with Gasteiger partial charge in [0, 0.05) is 37.6 Å². The SMILES string of the molecule is COc1cc2nc(N3C[C@H]4CC[C@@H](C3)N(C)C4=O)nc(N)c2cc1OC. The predicted octanol–water partition coefficient (Wildman–Crippen LogP) is 1.29. The topological polar surface area (TPSA) is 93.8 Å². The van der Waals surface area contributed by atoms with Crippen LogP contribution in [0.4, 0.5) is 11.8 Å². The van der Waals surface area contributed by atoms with Crippen molar-refractivity contribution in [2.75, 3.05) is 45.0 Å². The van der Waals surface area contributed by atoms with Crippen LogP contribution in [0.2, 0.25) is 0 Å². The number of nitrogens with zero attached hydrogens (tertiary/aromatic N) is 4. The molecule has 0 radical (unpaired) electrons. The largest absolute Gasteiger partial charge is 0.493 e. The van der Waals surface area contributed by atoms with Gasteiger partial charge in [-0.1, -0.05) is 0 Å². The average Bonchev–Trinajstić information content (AvgIpc) is 2.94. The molecule has 0 saturated carbocycles. The molecule has 1 amide bonds. The van der Waals surface area contributed by atoms with Crippen molar-refractivity contribution in [1.29, 1.82) is 0 Å². The van der Waals surface area contributed by atoms with Gasteiger partial charge in [0.2, 0.25) is 11.9 Å². The van der Waals surface area contributed by atoms with Crippen LogP contribution in [0, 0.1) is 5.92 Å². The van der Waals surface area contributed by atoms with Crippen molar-refractivity contribution in [1.82, 2.24) is 14.9 Å². The first kappa shape index (κ1) is 16.7. The van der Waals surface area contributed by atoms with Gasteiger partial charge in [0.15, 0.2) is 11.5 Å². The molecule has 3 aliphatic heterocycles. The van der Waals surface area contributed by atoms with Gasteiger partial charge in [-0.05, 0) is 18.9 Å². The van der Waals surface area contributed by atoms with E-state index in [0.29, 0.717) is 35.3 Å². The Hall–Kier alpha value is -2.77. The van der Waals surface area contributed by atoms with Gasteiger partial charge in [-0.25, -0.2) is 4.98 Å². The Morgan fingerprint density at radius 2 is 1.85 bits per heavy atom. The van der Waals surface area contributed by atoms with Gasteiger partial charge in [-0.2, -0.15) is 4.98 Å². The van der Waals surface area contributed by atoms with E-state index in [0.717, 1.165) is 24.8 Å². The maximum atomic E-state index is 12.4. The number of nitrogen functional groups attached to an aromatic ring is 1. The molecule has 1 aromatic heterocycles. The van der Waals surface area contributed by atoms with Crippen LogP contribution >= 0.6 is 0 Å². The molecule has 2 atom stereocenters. The Morgan fingerprint density at radius 1 is 1.12 bits per heavy atom. The lowest BCUT2D eigenvalue weighted by Gasteiger charge is -2.32. The van der Waals surface area contributed by atoms with Gasteiger partial charge < -0.3 is 25.0 Å². The summed E-state index contributed by atoms with van der Waals surface area (Å²) in [6.07, 6.45) is 1.93. The van der Waals surface area contributed by atoms with E-state index in [1.54, 1.807) is 26.4 Å². The Morgan fingerprint density at radius 3 is 2.58 bits per heavy atom. The fourth-order valence-electron chi connectivity index (χ4n) is 3.93. The van der Waals surface area contributed by atoms with Crippen molar-refractivity contribution in [2.45, 2.75) is 18.9 Å². The highest BCUT2D eigenvalue weighted by Crippen LogP contribution is 2.35. The molecular weight excluding hydrogens is 334 g/mol. The molecule has 5 rings (SSSR count). The quantitative estimate of drug-likeness (QED) is 0.884. The first-order valence-electron chi connectivity index (χ1n) is 8.72. The normalized spacial score (nSPS) is 22.7. The second-order valence-corrected chi connectivity index (χ2v) is 6.92. The number of hydrogen-bond acceptors (Lipinski definition) is 7. The predicted molar refractivity (Wildman–Crippen MR) is 98.5 cm³/mol. The van der Waals surface area contributed by atoms with E-state index < -0.39 is 0 Å². The molecule has 0 unspecified atom stereocenters.